The largest absolute Gasteiger partial charge is 0.264 e. The van der Waals surface area contributed by atoms with E-state index < -0.39 is 19.8 Å². The number of halogens is 2. The van der Waals surface area contributed by atoms with Crippen molar-refractivity contribution in [3.8, 4) is 0 Å². The van der Waals surface area contributed by atoms with Gasteiger partial charge < -0.3 is 0 Å². The van der Waals surface area contributed by atoms with Gasteiger partial charge in [-0.1, -0.05) is 26.8 Å². The Labute approximate surface area is 93.5 Å². The molecular formula is C10H12ClFO2S. The van der Waals surface area contributed by atoms with E-state index in [-0.39, 0.29) is 5.41 Å². The van der Waals surface area contributed by atoms with Crippen molar-refractivity contribution in [2.24, 2.45) is 0 Å². The van der Waals surface area contributed by atoms with Crippen molar-refractivity contribution in [1.29, 1.82) is 0 Å². The first-order valence-corrected chi connectivity index (χ1v) is 6.68. The van der Waals surface area contributed by atoms with Crippen LogP contribution >= 0.6 is 10.7 Å². The molecule has 0 bridgehead atoms. The summed E-state index contributed by atoms with van der Waals surface area (Å²) in [6.07, 6.45) is 0. The molecule has 0 unspecified atom stereocenters. The van der Waals surface area contributed by atoms with Gasteiger partial charge >= 0.3 is 0 Å². The van der Waals surface area contributed by atoms with Gasteiger partial charge in [-0.25, -0.2) is 12.8 Å². The van der Waals surface area contributed by atoms with Crippen LogP contribution in [0.4, 0.5) is 4.39 Å². The van der Waals surface area contributed by atoms with E-state index in [2.05, 4.69) is 0 Å². The molecule has 5 heteroatoms. The highest BCUT2D eigenvalue weighted by Gasteiger charge is 2.20. The summed E-state index contributed by atoms with van der Waals surface area (Å²) < 4.78 is 35.3. The van der Waals surface area contributed by atoms with E-state index in [0.717, 1.165) is 5.56 Å². The van der Waals surface area contributed by atoms with Crippen molar-refractivity contribution in [2.45, 2.75) is 31.1 Å². The van der Waals surface area contributed by atoms with Gasteiger partial charge in [0.05, 0.1) is 0 Å². The van der Waals surface area contributed by atoms with Crippen LogP contribution in [0.2, 0.25) is 0 Å². The second-order valence-corrected chi connectivity index (χ2v) is 6.87. The van der Waals surface area contributed by atoms with Crippen LogP contribution in [0.3, 0.4) is 0 Å². The van der Waals surface area contributed by atoms with Crippen molar-refractivity contribution in [1.82, 2.24) is 0 Å². The van der Waals surface area contributed by atoms with Gasteiger partial charge in [-0.05, 0) is 23.1 Å². The van der Waals surface area contributed by atoms with Gasteiger partial charge in [0.15, 0.2) is 0 Å². The highest BCUT2D eigenvalue weighted by atomic mass is 35.7. The number of hydrogen-bond acceptors (Lipinski definition) is 2. The fraction of sp³-hybridized carbons (Fsp3) is 0.400. The molecule has 0 spiro atoms. The van der Waals surface area contributed by atoms with Crippen molar-refractivity contribution in [3.05, 3.63) is 29.6 Å². The minimum atomic E-state index is -4.00. The average Bonchev–Trinajstić information content (AvgIpc) is 1.99. The molecule has 0 heterocycles. The summed E-state index contributed by atoms with van der Waals surface area (Å²) in [5.74, 6) is -0.808. The molecule has 0 fully saturated rings. The summed E-state index contributed by atoms with van der Waals surface area (Å²) in [6.45, 7) is 5.74. The molecule has 0 aliphatic heterocycles. The third-order valence-electron chi connectivity index (χ3n) is 2.06. The fourth-order valence-electron chi connectivity index (χ4n) is 1.17. The van der Waals surface area contributed by atoms with Gasteiger partial charge in [-0.15, -0.1) is 0 Å². The normalized spacial score (nSPS) is 12.9. The molecular weight excluding hydrogens is 239 g/mol. The van der Waals surface area contributed by atoms with Crippen LogP contribution in [0.25, 0.3) is 0 Å². The van der Waals surface area contributed by atoms with E-state index in [0.29, 0.717) is 0 Å². The highest BCUT2D eigenvalue weighted by molar-refractivity contribution is 8.13. The second kappa shape index (κ2) is 3.76. The lowest BCUT2D eigenvalue weighted by Gasteiger charge is -2.19. The standard InChI is InChI=1S/C10H12ClFO2S/c1-10(2,3)7-4-5-9(8(12)6-7)15(11,13)14/h4-6H,1-3H3. The van der Waals surface area contributed by atoms with Crippen molar-refractivity contribution in [3.63, 3.8) is 0 Å². The Kier molecular flexibility index (Phi) is 3.12. The van der Waals surface area contributed by atoms with Gasteiger partial charge in [0.2, 0.25) is 0 Å². The van der Waals surface area contributed by atoms with E-state index in [9.17, 15) is 12.8 Å². The lowest BCUT2D eigenvalue weighted by atomic mass is 9.87. The van der Waals surface area contributed by atoms with Crippen LogP contribution in [0, 0.1) is 5.82 Å². The summed E-state index contributed by atoms with van der Waals surface area (Å²) in [5, 5.41) is 0. The molecule has 1 aromatic rings. The van der Waals surface area contributed by atoms with Gasteiger partial charge in [-0.3, -0.25) is 0 Å². The van der Waals surface area contributed by atoms with Crippen LogP contribution in [0.1, 0.15) is 26.3 Å². The summed E-state index contributed by atoms with van der Waals surface area (Å²) in [5.41, 5.74) is 0.499. The summed E-state index contributed by atoms with van der Waals surface area (Å²) >= 11 is 0. The van der Waals surface area contributed by atoms with Crippen LogP contribution in [0.5, 0.6) is 0 Å². The third-order valence-corrected chi connectivity index (χ3v) is 3.42. The molecule has 0 saturated carbocycles. The highest BCUT2D eigenvalue weighted by Crippen LogP contribution is 2.26. The Bertz CT molecular complexity index is 475. The first-order valence-electron chi connectivity index (χ1n) is 4.37. The quantitative estimate of drug-likeness (QED) is 0.718. The van der Waals surface area contributed by atoms with E-state index in [1.807, 2.05) is 20.8 Å². The molecule has 0 atom stereocenters. The van der Waals surface area contributed by atoms with E-state index in [4.69, 9.17) is 10.7 Å². The molecule has 0 aromatic heterocycles. The molecule has 84 valence electrons. The monoisotopic (exact) mass is 250 g/mol. The first kappa shape index (κ1) is 12.5. The van der Waals surface area contributed by atoms with Crippen LogP contribution in [0.15, 0.2) is 23.1 Å². The summed E-state index contributed by atoms with van der Waals surface area (Å²) in [4.78, 5) is -0.475. The zero-order chi connectivity index (χ0) is 11.9. The maximum Gasteiger partial charge on any atom is 0.264 e. The lowest BCUT2D eigenvalue weighted by Crippen LogP contribution is -2.12. The van der Waals surface area contributed by atoms with Gasteiger partial charge in [0.1, 0.15) is 10.7 Å². The van der Waals surface area contributed by atoms with E-state index in [1.165, 1.54) is 12.1 Å². The Balaban J connectivity index is 3.34. The maximum atomic E-state index is 13.4. The molecule has 1 aromatic carbocycles. The summed E-state index contributed by atoms with van der Waals surface area (Å²) in [6, 6.07) is 3.96. The van der Waals surface area contributed by atoms with E-state index >= 15 is 0 Å². The van der Waals surface area contributed by atoms with Crippen molar-refractivity contribution in [2.75, 3.05) is 0 Å². The van der Waals surface area contributed by atoms with Gasteiger partial charge in [-0.2, -0.15) is 0 Å². The predicted octanol–water partition coefficient (Wildman–Crippen LogP) is 3.05. The van der Waals surface area contributed by atoms with Crippen molar-refractivity contribution < 1.29 is 12.8 Å². The molecule has 1 rings (SSSR count). The Morgan fingerprint density at radius 3 is 2.13 bits per heavy atom. The molecule has 0 saturated heterocycles. The van der Waals surface area contributed by atoms with Crippen LogP contribution in [-0.4, -0.2) is 8.42 Å². The Morgan fingerprint density at radius 2 is 1.80 bits per heavy atom. The SMILES string of the molecule is CC(C)(C)c1ccc(S(=O)(=O)Cl)c(F)c1. The van der Waals surface area contributed by atoms with Crippen molar-refractivity contribution >= 4 is 19.7 Å². The molecule has 0 N–H and O–H groups in total. The zero-order valence-electron chi connectivity index (χ0n) is 8.71. The Hall–Kier alpha value is -0.610. The zero-order valence-corrected chi connectivity index (χ0v) is 10.3. The number of rotatable bonds is 1. The van der Waals surface area contributed by atoms with Gasteiger partial charge in [0, 0.05) is 10.7 Å². The van der Waals surface area contributed by atoms with Crippen LogP contribution in [-0.2, 0) is 14.5 Å². The van der Waals surface area contributed by atoms with Crippen LogP contribution < -0.4 is 0 Å². The number of hydrogen-bond donors (Lipinski definition) is 0. The Morgan fingerprint density at radius 1 is 1.27 bits per heavy atom. The molecule has 15 heavy (non-hydrogen) atoms. The first-order chi connectivity index (χ1) is 6.62. The smallest absolute Gasteiger partial charge is 0.207 e. The second-order valence-electron chi connectivity index (χ2n) is 4.33. The predicted molar refractivity (Wildman–Crippen MR) is 58.1 cm³/mol. The number of benzene rings is 1. The van der Waals surface area contributed by atoms with E-state index in [1.54, 1.807) is 6.07 Å². The molecule has 2 nitrogen and oxygen atoms in total. The minimum absolute atomic E-state index is 0.227. The lowest BCUT2D eigenvalue weighted by molar-refractivity contribution is 0.552. The maximum absolute atomic E-state index is 13.4. The molecule has 0 amide bonds. The average molecular weight is 251 g/mol. The molecule has 0 aliphatic carbocycles. The fourth-order valence-corrected chi connectivity index (χ4v) is 2.06. The molecule has 0 radical (unpaired) electrons. The summed E-state index contributed by atoms with van der Waals surface area (Å²) in [7, 11) is 1.06. The topological polar surface area (TPSA) is 34.1 Å². The minimum Gasteiger partial charge on any atom is -0.207 e. The third kappa shape index (κ3) is 2.92. The molecule has 0 aliphatic rings. The van der Waals surface area contributed by atoms with Gasteiger partial charge in [0.25, 0.3) is 9.05 Å².